The lowest BCUT2D eigenvalue weighted by atomic mass is 10.1. The van der Waals surface area contributed by atoms with Gasteiger partial charge in [-0.3, -0.25) is 4.79 Å². The average molecular weight is 289 g/mol. The van der Waals surface area contributed by atoms with Crippen LogP contribution in [0.2, 0.25) is 0 Å². The molecular formula is C15H15NOS2. The summed E-state index contributed by atoms with van der Waals surface area (Å²) >= 11 is 3.63. The Labute approximate surface area is 121 Å². The third-order valence-corrected chi connectivity index (χ3v) is 5.91. The molecule has 1 unspecified atom stereocenters. The lowest BCUT2D eigenvalue weighted by Gasteiger charge is -2.20. The number of amides is 1. The van der Waals surface area contributed by atoms with Gasteiger partial charge in [0, 0.05) is 28.3 Å². The van der Waals surface area contributed by atoms with Crippen LogP contribution in [-0.2, 0) is 4.79 Å². The molecule has 2 aromatic carbocycles. The van der Waals surface area contributed by atoms with Crippen molar-refractivity contribution >= 4 is 45.9 Å². The van der Waals surface area contributed by atoms with E-state index in [0.29, 0.717) is 0 Å². The van der Waals surface area contributed by atoms with E-state index in [4.69, 9.17) is 0 Å². The highest BCUT2D eigenvalue weighted by Crippen LogP contribution is 2.27. The second kappa shape index (κ2) is 5.88. The van der Waals surface area contributed by atoms with Gasteiger partial charge in [0.15, 0.2) is 0 Å². The maximum absolute atomic E-state index is 12.3. The summed E-state index contributed by atoms with van der Waals surface area (Å²) in [6.07, 6.45) is 0. The van der Waals surface area contributed by atoms with Gasteiger partial charge in [0.25, 0.3) is 0 Å². The van der Waals surface area contributed by atoms with Crippen LogP contribution in [0.25, 0.3) is 10.8 Å². The molecule has 1 saturated heterocycles. The molecule has 1 amide bonds. The Morgan fingerprint density at radius 1 is 1.11 bits per heavy atom. The smallest absolute Gasteiger partial charge is 0.238 e. The molecule has 2 aromatic rings. The predicted molar refractivity (Wildman–Crippen MR) is 86.1 cm³/mol. The zero-order chi connectivity index (χ0) is 13.1. The SMILES string of the molecule is O=C(Nc1cccc2ccccc12)C1CSCCS1. The molecule has 1 aliphatic heterocycles. The predicted octanol–water partition coefficient (Wildman–Crippen LogP) is 3.63. The Bertz CT molecular complexity index is 588. The number of fused-ring (bicyclic) bond motifs is 1. The van der Waals surface area contributed by atoms with Gasteiger partial charge in [0.2, 0.25) is 5.91 Å². The van der Waals surface area contributed by atoms with Crippen molar-refractivity contribution in [2.45, 2.75) is 5.25 Å². The van der Waals surface area contributed by atoms with Crippen molar-refractivity contribution < 1.29 is 4.79 Å². The highest BCUT2D eigenvalue weighted by molar-refractivity contribution is 8.07. The van der Waals surface area contributed by atoms with E-state index in [9.17, 15) is 4.79 Å². The largest absolute Gasteiger partial charge is 0.325 e. The zero-order valence-electron chi connectivity index (χ0n) is 10.5. The van der Waals surface area contributed by atoms with Crippen molar-refractivity contribution in [3.63, 3.8) is 0 Å². The third-order valence-electron chi connectivity index (χ3n) is 3.16. The van der Waals surface area contributed by atoms with E-state index in [2.05, 4.69) is 17.4 Å². The highest BCUT2D eigenvalue weighted by Gasteiger charge is 2.22. The molecule has 98 valence electrons. The van der Waals surface area contributed by atoms with Gasteiger partial charge in [-0.15, -0.1) is 11.8 Å². The van der Waals surface area contributed by atoms with E-state index in [1.165, 1.54) is 0 Å². The summed E-state index contributed by atoms with van der Waals surface area (Å²) < 4.78 is 0. The van der Waals surface area contributed by atoms with E-state index >= 15 is 0 Å². The first kappa shape index (κ1) is 12.9. The van der Waals surface area contributed by atoms with Gasteiger partial charge < -0.3 is 5.32 Å². The Kier molecular flexibility index (Phi) is 3.99. The van der Waals surface area contributed by atoms with Crippen LogP contribution < -0.4 is 5.32 Å². The average Bonchev–Trinajstić information content (AvgIpc) is 2.48. The Hall–Kier alpha value is -1.13. The summed E-state index contributed by atoms with van der Waals surface area (Å²) in [6, 6.07) is 14.2. The summed E-state index contributed by atoms with van der Waals surface area (Å²) in [5.41, 5.74) is 0.916. The molecule has 1 atom stereocenters. The minimum absolute atomic E-state index is 0.0812. The quantitative estimate of drug-likeness (QED) is 0.915. The van der Waals surface area contributed by atoms with E-state index in [1.54, 1.807) is 11.8 Å². The number of benzene rings is 2. The molecule has 0 bridgehead atoms. The van der Waals surface area contributed by atoms with Gasteiger partial charge in [-0.05, 0) is 11.5 Å². The van der Waals surface area contributed by atoms with Crippen molar-refractivity contribution in [3.8, 4) is 0 Å². The maximum Gasteiger partial charge on any atom is 0.238 e. The second-order valence-corrected chi connectivity index (χ2v) is 6.91. The van der Waals surface area contributed by atoms with Crippen LogP contribution in [0.4, 0.5) is 5.69 Å². The van der Waals surface area contributed by atoms with Crippen LogP contribution in [0.1, 0.15) is 0 Å². The van der Waals surface area contributed by atoms with Gasteiger partial charge >= 0.3 is 0 Å². The van der Waals surface area contributed by atoms with Crippen molar-refractivity contribution in [2.75, 3.05) is 22.6 Å². The van der Waals surface area contributed by atoms with Crippen molar-refractivity contribution in [2.24, 2.45) is 0 Å². The monoisotopic (exact) mass is 289 g/mol. The third kappa shape index (κ3) is 2.90. The fourth-order valence-electron chi connectivity index (χ4n) is 2.19. The first-order chi connectivity index (χ1) is 9.34. The molecular weight excluding hydrogens is 274 g/mol. The molecule has 0 saturated carbocycles. The lowest BCUT2D eigenvalue weighted by Crippen LogP contribution is -2.30. The normalized spacial score (nSPS) is 19.3. The molecule has 0 radical (unpaired) electrons. The Morgan fingerprint density at radius 3 is 2.79 bits per heavy atom. The van der Waals surface area contributed by atoms with Gasteiger partial charge in [-0.25, -0.2) is 0 Å². The van der Waals surface area contributed by atoms with E-state index in [1.807, 2.05) is 42.1 Å². The molecule has 19 heavy (non-hydrogen) atoms. The summed E-state index contributed by atoms with van der Waals surface area (Å²) in [7, 11) is 0. The van der Waals surface area contributed by atoms with Gasteiger partial charge in [0.05, 0.1) is 5.25 Å². The van der Waals surface area contributed by atoms with Gasteiger partial charge in [-0.2, -0.15) is 11.8 Å². The van der Waals surface area contributed by atoms with Crippen molar-refractivity contribution in [1.29, 1.82) is 0 Å². The Morgan fingerprint density at radius 2 is 1.95 bits per heavy atom. The number of anilines is 1. The van der Waals surface area contributed by atoms with Gasteiger partial charge in [0.1, 0.15) is 0 Å². The number of rotatable bonds is 2. The molecule has 0 aromatic heterocycles. The molecule has 1 fully saturated rings. The van der Waals surface area contributed by atoms with Crippen molar-refractivity contribution in [3.05, 3.63) is 42.5 Å². The number of hydrogen-bond donors (Lipinski definition) is 1. The number of carbonyl (C=O) groups is 1. The van der Waals surface area contributed by atoms with E-state index in [0.717, 1.165) is 33.7 Å². The first-order valence-electron chi connectivity index (χ1n) is 6.32. The molecule has 0 aliphatic carbocycles. The number of carbonyl (C=O) groups excluding carboxylic acids is 1. The summed E-state index contributed by atoms with van der Waals surface area (Å²) in [6.45, 7) is 0. The highest BCUT2D eigenvalue weighted by atomic mass is 32.2. The van der Waals surface area contributed by atoms with Crippen LogP contribution in [0.3, 0.4) is 0 Å². The second-order valence-electron chi connectivity index (χ2n) is 4.45. The first-order valence-corrected chi connectivity index (χ1v) is 8.53. The molecule has 2 nitrogen and oxygen atoms in total. The molecule has 3 rings (SSSR count). The van der Waals surface area contributed by atoms with Crippen LogP contribution in [0, 0.1) is 0 Å². The van der Waals surface area contributed by atoms with Gasteiger partial charge in [-0.1, -0.05) is 36.4 Å². The maximum atomic E-state index is 12.3. The van der Waals surface area contributed by atoms with Crippen LogP contribution in [-0.4, -0.2) is 28.4 Å². The summed E-state index contributed by atoms with van der Waals surface area (Å²) in [4.78, 5) is 12.3. The van der Waals surface area contributed by atoms with Crippen LogP contribution in [0.5, 0.6) is 0 Å². The molecule has 4 heteroatoms. The summed E-state index contributed by atoms with van der Waals surface area (Å²) in [5.74, 6) is 3.27. The fourth-order valence-corrected chi connectivity index (χ4v) is 4.74. The molecule has 0 spiro atoms. The Balaban J connectivity index is 1.82. The molecule has 1 heterocycles. The minimum Gasteiger partial charge on any atom is -0.325 e. The lowest BCUT2D eigenvalue weighted by molar-refractivity contribution is -0.115. The van der Waals surface area contributed by atoms with Crippen LogP contribution >= 0.6 is 23.5 Å². The standard InChI is InChI=1S/C15H15NOS2/c17-15(14-10-18-8-9-19-14)16-13-7-3-5-11-4-1-2-6-12(11)13/h1-7,14H,8-10H2,(H,16,17). The van der Waals surface area contributed by atoms with Crippen LogP contribution in [0.15, 0.2) is 42.5 Å². The van der Waals surface area contributed by atoms with Crippen molar-refractivity contribution in [1.82, 2.24) is 0 Å². The number of thioether (sulfide) groups is 2. The number of hydrogen-bond acceptors (Lipinski definition) is 3. The zero-order valence-corrected chi connectivity index (χ0v) is 12.1. The molecule has 1 N–H and O–H groups in total. The molecule has 1 aliphatic rings. The number of nitrogens with one attached hydrogen (secondary N) is 1. The topological polar surface area (TPSA) is 29.1 Å². The fraction of sp³-hybridized carbons (Fsp3) is 0.267. The minimum atomic E-state index is 0.0812. The summed E-state index contributed by atoms with van der Waals surface area (Å²) in [5, 5.41) is 5.42. The van der Waals surface area contributed by atoms with E-state index < -0.39 is 0 Å². The van der Waals surface area contributed by atoms with E-state index in [-0.39, 0.29) is 11.2 Å².